The highest BCUT2D eigenvalue weighted by molar-refractivity contribution is 9.10. The Labute approximate surface area is 115 Å². The summed E-state index contributed by atoms with van der Waals surface area (Å²) in [4.78, 5) is 10.6. The number of hydrogen-bond acceptors (Lipinski definition) is 2. The van der Waals surface area contributed by atoms with Gasteiger partial charge in [0.2, 0.25) is 0 Å². The number of nitrogens with one attached hydrogen (secondary N) is 1. The maximum absolute atomic E-state index is 10.6. The van der Waals surface area contributed by atoms with Crippen LogP contribution < -0.4 is 5.32 Å². The minimum absolute atomic E-state index is 0.442. The van der Waals surface area contributed by atoms with Crippen LogP contribution in [0.1, 0.15) is 25.7 Å². The van der Waals surface area contributed by atoms with Crippen LogP contribution in [0.25, 0.3) is 0 Å². The summed E-state index contributed by atoms with van der Waals surface area (Å²) in [5, 5.41) is 12.2. The van der Waals surface area contributed by atoms with Crippen LogP contribution in [-0.4, -0.2) is 17.1 Å². The minimum Gasteiger partial charge on any atom is -0.478 e. The Kier molecular flexibility index (Phi) is 4.42. The molecule has 1 aliphatic rings. The first-order valence-electron chi connectivity index (χ1n) is 6.08. The Morgan fingerprint density at radius 1 is 1.28 bits per heavy atom. The molecular formula is C14H16BrNO2. The molecule has 1 saturated carbocycles. The Morgan fingerprint density at radius 3 is 2.44 bits per heavy atom. The zero-order chi connectivity index (χ0) is 13.0. The molecule has 1 aromatic rings. The van der Waals surface area contributed by atoms with Gasteiger partial charge in [0.25, 0.3) is 0 Å². The third kappa shape index (κ3) is 3.88. The van der Waals surface area contributed by atoms with E-state index in [-0.39, 0.29) is 0 Å². The van der Waals surface area contributed by atoms with Gasteiger partial charge in [0, 0.05) is 22.3 Å². The van der Waals surface area contributed by atoms with Crippen molar-refractivity contribution in [2.45, 2.75) is 31.7 Å². The number of carboxylic acid groups (broad SMARTS) is 1. The maximum atomic E-state index is 10.6. The van der Waals surface area contributed by atoms with Crippen molar-refractivity contribution in [1.82, 2.24) is 0 Å². The van der Waals surface area contributed by atoms with Gasteiger partial charge >= 0.3 is 5.97 Å². The molecule has 96 valence electrons. The van der Waals surface area contributed by atoms with E-state index in [2.05, 4.69) is 21.2 Å². The average molecular weight is 310 g/mol. The van der Waals surface area contributed by atoms with Crippen LogP contribution in [0, 0.1) is 0 Å². The second kappa shape index (κ2) is 6.05. The topological polar surface area (TPSA) is 49.3 Å². The van der Waals surface area contributed by atoms with Gasteiger partial charge in [-0.3, -0.25) is 0 Å². The summed E-state index contributed by atoms with van der Waals surface area (Å²) in [7, 11) is 0. The summed E-state index contributed by atoms with van der Waals surface area (Å²) < 4.78 is 1.07. The van der Waals surface area contributed by atoms with Crippen molar-refractivity contribution in [3.63, 3.8) is 0 Å². The number of allylic oxidation sites excluding steroid dienone is 1. The largest absolute Gasteiger partial charge is 0.478 e. The lowest BCUT2D eigenvalue weighted by molar-refractivity contribution is -0.131. The molecule has 3 nitrogen and oxygen atoms in total. The number of anilines is 1. The summed E-state index contributed by atoms with van der Waals surface area (Å²) in [6.45, 7) is 0. The fourth-order valence-electron chi connectivity index (χ4n) is 2.23. The smallest absolute Gasteiger partial charge is 0.328 e. The first-order chi connectivity index (χ1) is 8.63. The van der Waals surface area contributed by atoms with Crippen LogP contribution in [0.2, 0.25) is 0 Å². The second-order valence-corrected chi connectivity index (χ2v) is 5.48. The van der Waals surface area contributed by atoms with Crippen LogP contribution in [0.4, 0.5) is 5.69 Å². The molecule has 2 rings (SSSR count). The highest BCUT2D eigenvalue weighted by Gasteiger charge is 2.16. The summed E-state index contributed by atoms with van der Waals surface area (Å²) >= 11 is 3.41. The van der Waals surface area contributed by atoms with E-state index in [1.807, 2.05) is 24.3 Å². The van der Waals surface area contributed by atoms with Crippen LogP contribution in [0.3, 0.4) is 0 Å². The summed E-state index contributed by atoms with van der Waals surface area (Å²) in [5.74, 6) is -0.829. The first kappa shape index (κ1) is 13.1. The van der Waals surface area contributed by atoms with E-state index in [0.717, 1.165) is 41.4 Å². The molecule has 0 unspecified atom stereocenters. The SMILES string of the molecule is O=C(O)C=C1CCC(Nc2ccc(Br)cc2)CC1. The molecule has 1 fully saturated rings. The lowest BCUT2D eigenvalue weighted by atomic mass is 9.90. The number of hydrogen-bond donors (Lipinski definition) is 2. The number of carboxylic acids is 1. The van der Waals surface area contributed by atoms with Crippen LogP contribution in [0.15, 0.2) is 40.4 Å². The molecule has 0 radical (unpaired) electrons. The molecule has 18 heavy (non-hydrogen) atoms. The lowest BCUT2D eigenvalue weighted by Gasteiger charge is -2.25. The molecule has 0 spiro atoms. The number of aliphatic carboxylic acids is 1. The van der Waals surface area contributed by atoms with Gasteiger partial charge < -0.3 is 10.4 Å². The van der Waals surface area contributed by atoms with Gasteiger partial charge in [-0.05, 0) is 49.9 Å². The van der Waals surface area contributed by atoms with Crippen molar-refractivity contribution in [3.05, 3.63) is 40.4 Å². The van der Waals surface area contributed by atoms with Crippen molar-refractivity contribution >= 4 is 27.6 Å². The van der Waals surface area contributed by atoms with Crippen molar-refractivity contribution in [3.8, 4) is 0 Å². The van der Waals surface area contributed by atoms with Crippen molar-refractivity contribution in [2.75, 3.05) is 5.32 Å². The minimum atomic E-state index is -0.829. The highest BCUT2D eigenvalue weighted by atomic mass is 79.9. The molecule has 0 amide bonds. The Morgan fingerprint density at radius 2 is 1.89 bits per heavy atom. The van der Waals surface area contributed by atoms with Gasteiger partial charge in [-0.25, -0.2) is 4.79 Å². The van der Waals surface area contributed by atoms with Crippen molar-refractivity contribution in [2.24, 2.45) is 0 Å². The molecule has 1 aromatic carbocycles. The number of rotatable bonds is 3. The second-order valence-electron chi connectivity index (χ2n) is 4.57. The molecule has 0 saturated heterocycles. The maximum Gasteiger partial charge on any atom is 0.328 e. The van der Waals surface area contributed by atoms with Crippen molar-refractivity contribution < 1.29 is 9.90 Å². The summed E-state index contributed by atoms with van der Waals surface area (Å²) in [6.07, 6.45) is 5.10. The van der Waals surface area contributed by atoms with Gasteiger partial charge in [0.15, 0.2) is 0 Å². The fraction of sp³-hybridized carbons (Fsp3) is 0.357. The monoisotopic (exact) mass is 309 g/mol. The summed E-state index contributed by atoms with van der Waals surface area (Å²) in [6, 6.07) is 8.57. The molecule has 0 aromatic heterocycles. The number of halogens is 1. The van der Waals surface area contributed by atoms with Gasteiger partial charge in [0.1, 0.15) is 0 Å². The van der Waals surface area contributed by atoms with Gasteiger partial charge in [-0.2, -0.15) is 0 Å². The Bertz CT molecular complexity index is 443. The van der Waals surface area contributed by atoms with Gasteiger partial charge in [-0.15, -0.1) is 0 Å². The standard InChI is InChI=1S/C14H16BrNO2/c15-11-3-7-13(8-4-11)16-12-5-1-10(2-6-12)9-14(17)18/h3-4,7-9,12,16H,1-2,5-6H2,(H,17,18). The van der Waals surface area contributed by atoms with E-state index in [1.54, 1.807) is 0 Å². The van der Waals surface area contributed by atoms with E-state index in [1.165, 1.54) is 6.08 Å². The predicted molar refractivity (Wildman–Crippen MR) is 75.7 cm³/mol. The van der Waals surface area contributed by atoms with E-state index >= 15 is 0 Å². The molecule has 4 heteroatoms. The molecule has 0 heterocycles. The molecule has 1 aliphatic carbocycles. The zero-order valence-electron chi connectivity index (χ0n) is 10.0. The normalized spacial score (nSPS) is 19.4. The number of benzene rings is 1. The molecule has 0 aliphatic heterocycles. The van der Waals surface area contributed by atoms with Crippen LogP contribution in [0.5, 0.6) is 0 Å². The van der Waals surface area contributed by atoms with E-state index < -0.39 is 5.97 Å². The van der Waals surface area contributed by atoms with Crippen LogP contribution in [-0.2, 0) is 4.79 Å². The van der Waals surface area contributed by atoms with Crippen molar-refractivity contribution in [1.29, 1.82) is 0 Å². The highest BCUT2D eigenvalue weighted by Crippen LogP contribution is 2.26. The van der Waals surface area contributed by atoms with Gasteiger partial charge in [0.05, 0.1) is 0 Å². The molecule has 2 N–H and O–H groups in total. The average Bonchev–Trinajstić information content (AvgIpc) is 2.34. The Hall–Kier alpha value is -1.29. The number of carbonyl (C=O) groups is 1. The first-order valence-corrected chi connectivity index (χ1v) is 6.87. The zero-order valence-corrected chi connectivity index (χ0v) is 11.6. The fourth-order valence-corrected chi connectivity index (χ4v) is 2.50. The summed E-state index contributed by atoms with van der Waals surface area (Å²) in [5.41, 5.74) is 2.17. The third-order valence-corrected chi connectivity index (χ3v) is 3.70. The third-order valence-electron chi connectivity index (χ3n) is 3.17. The molecule has 0 atom stereocenters. The molecule has 0 bridgehead atoms. The quantitative estimate of drug-likeness (QED) is 0.835. The van der Waals surface area contributed by atoms with E-state index in [0.29, 0.717) is 6.04 Å². The predicted octanol–water partition coefficient (Wildman–Crippen LogP) is 3.81. The Balaban J connectivity index is 1.87. The van der Waals surface area contributed by atoms with E-state index in [4.69, 9.17) is 5.11 Å². The van der Waals surface area contributed by atoms with Gasteiger partial charge in [-0.1, -0.05) is 21.5 Å². The molecular weight excluding hydrogens is 294 g/mol. The lowest BCUT2D eigenvalue weighted by Crippen LogP contribution is -2.23. The van der Waals surface area contributed by atoms with Crippen LogP contribution >= 0.6 is 15.9 Å². The van der Waals surface area contributed by atoms with E-state index in [9.17, 15) is 4.79 Å².